The number of amides is 2. The number of aromatic nitrogens is 8. The maximum absolute atomic E-state index is 12.7. The fraction of sp³-hybridized carbons (Fsp3) is 0.333. The molecule has 0 bridgehead atoms. The summed E-state index contributed by atoms with van der Waals surface area (Å²) in [7, 11) is 4.33. The van der Waals surface area contributed by atoms with Gasteiger partial charge in [0.25, 0.3) is 0 Å². The van der Waals surface area contributed by atoms with Gasteiger partial charge in [0, 0.05) is 87.7 Å². The lowest BCUT2D eigenvalue weighted by atomic mass is 10.2. The van der Waals surface area contributed by atoms with Gasteiger partial charge < -0.3 is 50.2 Å². The van der Waals surface area contributed by atoms with Crippen molar-refractivity contribution in [3.63, 3.8) is 0 Å². The van der Waals surface area contributed by atoms with Crippen LogP contribution in [0.1, 0.15) is 30.9 Å². The van der Waals surface area contributed by atoms with E-state index in [0.29, 0.717) is 18.1 Å². The lowest BCUT2D eigenvalue weighted by molar-refractivity contribution is -0.122. The number of fused-ring (bicyclic) bond motifs is 4. The highest BCUT2D eigenvalue weighted by Gasteiger charge is 2.18. The third-order valence-corrected chi connectivity index (χ3v) is 12.0. The van der Waals surface area contributed by atoms with E-state index < -0.39 is 0 Å². The molecule has 2 aliphatic heterocycles. The normalized spacial score (nSPS) is 15.4. The molecule has 312 valence electrons. The van der Waals surface area contributed by atoms with Gasteiger partial charge in [0.05, 0.1) is 57.2 Å². The molecule has 0 spiro atoms. The van der Waals surface area contributed by atoms with E-state index in [1.54, 1.807) is 0 Å². The van der Waals surface area contributed by atoms with Crippen LogP contribution in [0.2, 0.25) is 0 Å². The smallest absolute Gasteiger partial charge is 0.220 e. The van der Waals surface area contributed by atoms with Gasteiger partial charge in [0.1, 0.15) is 23.3 Å². The number of rotatable bonds is 12. The molecule has 8 aromatic rings. The predicted octanol–water partition coefficient (Wildman–Crippen LogP) is 5.13. The minimum Gasteiger partial charge on any atom is -0.369 e. The number of carbonyl (C=O) groups excluding carboxylic acids is 2. The lowest BCUT2D eigenvalue weighted by Crippen LogP contribution is -2.44. The van der Waals surface area contributed by atoms with Crippen molar-refractivity contribution in [1.82, 2.24) is 60.3 Å². The van der Waals surface area contributed by atoms with E-state index in [9.17, 15) is 9.59 Å². The van der Waals surface area contributed by atoms with Crippen LogP contribution in [-0.2, 0) is 22.7 Å². The molecule has 61 heavy (non-hydrogen) atoms. The van der Waals surface area contributed by atoms with E-state index in [1.165, 1.54) is 11.4 Å². The highest BCUT2D eigenvalue weighted by molar-refractivity contribution is 5.87. The summed E-state index contributed by atoms with van der Waals surface area (Å²) in [5.41, 5.74) is 11.5. The van der Waals surface area contributed by atoms with E-state index in [0.717, 1.165) is 119 Å². The minimum atomic E-state index is -0.139. The van der Waals surface area contributed by atoms with Crippen molar-refractivity contribution < 1.29 is 9.59 Å². The highest BCUT2D eigenvalue weighted by Crippen LogP contribution is 2.29. The van der Waals surface area contributed by atoms with Crippen LogP contribution >= 0.6 is 0 Å². The maximum Gasteiger partial charge on any atom is 0.220 e. The Labute approximate surface area is 352 Å². The Bertz CT molecular complexity index is 2680. The molecule has 2 aliphatic rings. The number of H-pyrrole nitrogens is 4. The fourth-order valence-corrected chi connectivity index (χ4v) is 8.33. The Balaban J connectivity index is 0.683. The molecule has 0 atom stereocenters. The van der Waals surface area contributed by atoms with Gasteiger partial charge in [-0.25, -0.2) is 19.9 Å². The summed E-state index contributed by atoms with van der Waals surface area (Å²) in [5.74, 6) is 2.63. The van der Waals surface area contributed by atoms with E-state index in [-0.39, 0.29) is 37.7 Å². The number of aromatic amines is 4. The van der Waals surface area contributed by atoms with Crippen LogP contribution in [-0.4, -0.2) is 128 Å². The zero-order valence-electron chi connectivity index (χ0n) is 34.5. The third-order valence-electron chi connectivity index (χ3n) is 12.0. The zero-order valence-corrected chi connectivity index (χ0v) is 34.5. The lowest BCUT2D eigenvalue weighted by Gasteiger charge is -2.34. The van der Waals surface area contributed by atoms with E-state index in [1.807, 2.05) is 36.4 Å². The number of hydrogen-bond donors (Lipinski definition) is 6. The van der Waals surface area contributed by atoms with Gasteiger partial charge in [0.15, 0.2) is 0 Å². The average Bonchev–Trinajstić information content (AvgIpc) is 4.08. The van der Waals surface area contributed by atoms with Crippen molar-refractivity contribution in [1.29, 1.82) is 0 Å². The average molecular weight is 819 g/mol. The van der Waals surface area contributed by atoms with Crippen molar-refractivity contribution in [2.24, 2.45) is 0 Å². The first-order valence-electron chi connectivity index (χ1n) is 21.1. The molecule has 0 aliphatic carbocycles. The number of nitrogens with one attached hydrogen (secondary N) is 6. The van der Waals surface area contributed by atoms with Gasteiger partial charge in [-0.2, -0.15) is 0 Å². The molecule has 16 nitrogen and oxygen atoms in total. The highest BCUT2D eigenvalue weighted by atomic mass is 16.2. The zero-order chi connectivity index (χ0) is 41.5. The standard InChI is InChI=1S/C45H50N14O2/c1-56-14-18-58(19-15-56)30-8-12-34-38(24-30)54-44(52-34)28-6-10-32-36(22-28)50-40(48-32)26-46-42(60)4-3-5-43(61)47-27-41-49-33-11-7-29(23-37(33)51-41)45-53-35-13-9-31(25-39(35)55-45)59-20-16-57(2)17-21-59/h6-13,22-25H,3-5,14-21,26-27H2,1-2H3,(H,46,60)(H,47,61)(H,48,50)(H,49,51)(H,52,54)(H,53,55). The molecule has 2 saturated heterocycles. The van der Waals surface area contributed by atoms with Crippen LogP contribution in [0.3, 0.4) is 0 Å². The van der Waals surface area contributed by atoms with Gasteiger partial charge in [-0.1, -0.05) is 0 Å². The third kappa shape index (κ3) is 8.36. The first-order chi connectivity index (χ1) is 29.8. The second kappa shape index (κ2) is 16.3. The molecular weight excluding hydrogens is 769 g/mol. The quantitative estimate of drug-likeness (QED) is 0.0966. The number of carbonyl (C=O) groups is 2. The molecule has 4 aromatic heterocycles. The van der Waals surface area contributed by atoms with Crippen LogP contribution in [0.5, 0.6) is 0 Å². The summed E-state index contributed by atoms with van der Waals surface area (Å²) in [6, 6.07) is 24.8. The summed E-state index contributed by atoms with van der Waals surface area (Å²) < 4.78 is 0. The van der Waals surface area contributed by atoms with Gasteiger partial charge in [0.2, 0.25) is 11.8 Å². The molecule has 10 rings (SSSR count). The molecule has 0 saturated carbocycles. The first kappa shape index (κ1) is 38.4. The van der Waals surface area contributed by atoms with Gasteiger partial charge in [-0.05, 0) is 93.3 Å². The first-order valence-corrected chi connectivity index (χ1v) is 21.1. The van der Waals surface area contributed by atoms with E-state index >= 15 is 0 Å². The van der Waals surface area contributed by atoms with Crippen LogP contribution in [0, 0.1) is 0 Å². The number of imidazole rings is 4. The Morgan fingerprint density at radius 1 is 0.508 bits per heavy atom. The molecule has 6 N–H and O–H groups in total. The number of likely N-dealkylation sites (N-methyl/N-ethyl adjacent to an activating group) is 2. The molecule has 2 fully saturated rings. The minimum absolute atomic E-state index is 0.139. The maximum atomic E-state index is 12.7. The number of benzene rings is 4. The molecule has 0 radical (unpaired) electrons. The van der Waals surface area contributed by atoms with E-state index in [2.05, 4.69) is 111 Å². The summed E-state index contributed by atoms with van der Waals surface area (Å²) >= 11 is 0. The monoisotopic (exact) mass is 818 g/mol. The Morgan fingerprint density at radius 3 is 1.34 bits per heavy atom. The molecule has 16 heteroatoms. The fourth-order valence-electron chi connectivity index (χ4n) is 8.33. The summed E-state index contributed by atoms with van der Waals surface area (Å²) in [4.78, 5) is 67.7. The number of hydrogen-bond acceptors (Lipinski definition) is 10. The van der Waals surface area contributed by atoms with Gasteiger partial charge in [-0.15, -0.1) is 0 Å². The van der Waals surface area contributed by atoms with Gasteiger partial charge in [-0.3, -0.25) is 9.59 Å². The molecule has 6 heterocycles. The van der Waals surface area contributed by atoms with Crippen molar-refractivity contribution >= 4 is 67.3 Å². The molecule has 2 amide bonds. The van der Waals surface area contributed by atoms with E-state index in [4.69, 9.17) is 9.97 Å². The largest absolute Gasteiger partial charge is 0.369 e. The Kier molecular flexibility index (Phi) is 10.3. The second-order valence-corrected chi connectivity index (χ2v) is 16.4. The van der Waals surface area contributed by atoms with Crippen molar-refractivity contribution in [3.8, 4) is 22.8 Å². The van der Waals surface area contributed by atoms with Crippen LogP contribution < -0.4 is 20.4 Å². The number of nitrogens with zero attached hydrogens (tertiary/aromatic N) is 8. The summed E-state index contributed by atoms with van der Waals surface area (Å²) in [6.45, 7) is 8.79. The predicted molar refractivity (Wildman–Crippen MR) is 239 cm³/mol. The van der Waals surface area contributed by atoms with Crippen molar-refractivity contribution in [2.45, 2.75) is 32.4 Å². The molecular formula is C45H50N14O2. The number of piperazine rings is 2. The Hall–Kier alpha value is -6.78. The topological polar surface area (TPSA) is 186 Å². The molecule has 4 aromatic carbocycles. The van der Waals surface area contributed by atoms with Crippen molar-refractivity contribution in [3.05, 3.63) is 84.4 Å². The summed E-state index contributed by atoms with van der Waals surface area (Å²) in [6.07, 6.45) is 0.882. The summed E-state index contributed by atoms with van der Waals surface area (Å²) in [5, 5.41) is 5.86. The Morgan fingerprint density at radius 2 is 0.902 bits per heavy atom. The SMILES string of the molecule is CN1CCN(c2ccc3nc(-c4ccc5nc(CNC(=O)CCCC(=O)NCc6nc7ccc(-c8nc9ccc(N%10CCN(C)CC%10)cc9[nH]8)cc7[nH]6)[nH]c5c4)[nH]c3c2)CC1. The second-order valence-electron chi connectivity index (χ2n) is 16.4. The van der Waals surface area contributed by atoms with Crippen LogP contribution in [0.4, 0.5) is 11.4 Å². The number of anilines is 2. The van der Waals surface area contributed by atoms with Crippen LogP contribution in [0.15, 0.2) is 72.8 Å². The van der Waals surface area contributed by atoms with Crippen LogP contribution in [0.25, 0.3) is 66.9 Å². The molecule has 0 unspecified atom stereocenters. The van der Waals surface area contributed by atoms with Crippen molar-refractivity contribution in [2.75, 3.05) is 76.3 Å². The van der Waals surface area contributed by atoms with Gasteiger partial charge >= 0.3 is 0 Å².